The van der Waals surface area contributed by atoms with Crippen LogP contribution in [-0.2, 0) is 32.6 Å². The molecule has 0 unspecified atom stereocenters. The third kappa shape index (κ3) is 5.23. The predicted octanol–water partition coefficient (Wildman–Crippen LogP) is 2.89. The second-order valence-corrected chi connectivity index (χ2v) is 8.22. The molecule has 0 saturated heterocycles. The Hall–Kier alpha value is -2.03. The monoisotopic (exact) mass is 439 g/mol. The van der Waals surface area contributed by atoms with Gasteiger partial charge in [-0.1, -0.05) is 34.1 Å². The Morgan fingerprint density at radius 3 is 2.42 bits per heavy atom. The van der Waals surface area contributed by atoms with E-state index in [1.807, 2.05) is 0 Å². The molecular formula is C18H18BrNO5S. The highest BCUT2D eigenvalue weighted by Crippen LogP contribution is 2.21. The summed E-state index contributed by atoms with van der Waals surface area (Å²) in [5.41, 5.74) is 2.34. The number of Topliss-reactive ketones (excluding diaryl/α,β-unsaturated/α-hetero) is 1. The number of aryl methyl sites for hydroxylation is 1. The zero-order valence-corrected chi connectivity index (χ0v) is 16.7. The van der Waals surface area contributed by atoms with Gasteiger partial charge in [0.1, 0.15) is 6.61 Å². The normalized spacial score (nSPS) is 11.2. The van der Waals surface area contributed by atoms with E-state index < -0.39 is 16.0 Å². The zero-order valence-electron chi connectivity index (χ0n) is 14.3. The van der Waals surface area contributed by atoms with Crippen LogP contribution in [0.1, 0.15) is 34.0 Å². The van der Waals surface area contributed by atoms with Gasteiger partial charge in [-0.15, -0.1) is 0 Å². The minimum absolute atomic E-state index is 0.0426. The summed E-state index contributed by atoms with van der Waals surface area (Å²) < 4.78 is 28.6. The summed E-state index contributed by atoms with van der Waals surface area (Å²) in [6.07, 6.45) is 0.111. The lowest BCUT2D eigenvalue weighted by Gasteiger charge is -2.09. The van der Waals surface area contributed by atoms with Crippen LogP contribution >= 0.6 is 15.9 Å². The summed E-state index contributed by atoms with van der Waals surface area (Å²) in [6.45, 7) is 3.01. The highest BCUT2D eigenvalue weighted by Gasteiger charge is 2.14. The summed E-state index contributed by atoms with van der Waals surface area (Å²) in [5, 5.41) is 5.15. The van der Waals surface area contributed by atoms with E-state index in [2.05, 4.69) is 15.9 Å². The largest absolute Gasteiger partial charge is 0.461 e. The molecule has 0 aromatic heterocycles. The topological polar surface area (TPSA) is 104 Å². The lowest BCUT2D eigenvalue weighted by atomic mass is 10.0. The number of carbonyl (C=O) groups excluding carboxylic acids is 2. The van der Waals surface area contributed by atoms with Gasteiger partial charge < -0.3 is 4.74 Å². The molecule has 0 amide bonds. The molecule has 0 aliphatic carbocycles. The van der Waals surface area contributed by atoms with Gasteiger partial charge in [-0.25, -0.2) is 13.6 Å². The van der Waals surface area contributed by atoms with Crippen molar-refractivity contribution in [3.63, 3.8) is 0 Å². The van der Waals surface area contributed by atoms with Crippen molar-refractivity contribution in [2.75, 3.05) is 0 Å². The van der Waals surface area contributed by atoms with Gasteiger partial charge in [-0.2, -0.15) is 0 Å². The van der Waals surface area contributed by atoms with Gasteiger partial charge in [0, 0.05) is 28.9 Å². The Labute approximate surface area is 160 Å². The number of carbonyl (C=O) groups is 2. The fraction of sp³-hybridized carbons (Fsp3) is 0.222. The van der Waals surface area contributed by atoms with Crippen LogP contribution in [0.5, 0.6) is 0 Å². The maximum Gasteiger partial charge on any atom is 0.302 e. The zero-order chi connectivity index (χ0) is 19.5. The van der Waals surface area contributed by atoms with Crippen molar-refractivity contribution in [3.8, 4) is 0 Å². The maximum atomic E-state index is 12.5. The molecular weight excluding hydrogens is 422 g/mol. The summed E-state index contributed by atoms with van der Waals surface area (Å²) >= 11 is 3.36. The first kappa shape index (κ1) is 20.3. The predicted molar refractivity (Wildman–Crippen MR) is 100 cm³/mol. The summed E-state index contributed by atoms with van der Waals surface area (Å²) in [5.74, 6) is -0.539. The first-order valence-corrected chi connectivity index (χ1v) is 9.99. The fourth-order valence-corrected chi connectivity index (χ4v) is 3.59. The molecule has 0 atom stereocenters. The van der Waals surface area contributed by atoms with Crippen LogP contribution in [0.4, 0.5) is 0 Å². The number of esters is 1. The summed E-state index contributed by atoms with van der Waals surface area (Å²) in [6, 6.07) is 9.68. The molecule has 6 nitrogen and oxygen atoms in total. The molecule has 0 saturated carbocycles. The molecule has 0 aliphatic heterocycles. The summed E-state index contributed by atoms with van der Waals surface area (Å²) in [4.78, 5) is 23.5. The Morgan fingerprint density at radius 1 is 1.15 bits per heavy atom. The lowest BCUT2D eigenvalue weighted by Crippen LogP contribution is -2.14. The Bertz CT molecular complexity index is 970. The average molecular weight is 440 g/mol. The third-order valence-corrected chi connectivity index (χ3v) is 5.55. The third-order valence-electron chi connectivity index (χ3n) is 3.71. The van der Waals surface area contributed by atoms with E-state index in [9.17, 15) is 18.0 Å². The molecule has 138 valence electrons. The molecule has 2 rings (SSSR count). The van der Waals surface area contributed by atoms with E-state index >= 15 is 0 Å². The smallest absolute Gasteiger partial charge is 0.302 e. The average Bonchev–Trinajstić information content (AvgIpc) is 2.52. The number of nitrogens with two attached hydrogens (primary N) is 1. The number of sulfonamides is 1. The SMILES string of the molecule is CC(=O)OCc1cc(C(=O)Cc2ccc(S(N)(=O)=O)c(C)c2)ccc1Br. The molecule has 0 heterocycles. The highest BCUT2D eigenvalue weighted by molar-refractivity contribution is 9.10. The van der Waals surface area contributed by atoms with Crippen LogP contribution in [0.3, 0.4) is 0 Å². The molecule has 2 N–H and O–H groups in total. The Morgan fingerprint density at radius 2 is 1.85 bits per heavy atom. The van der Waals surface area contributed by atoms with Crippen molar-refractivity contribution in [1.82, 2.24) is 0 Å². The molecule has 2 aromatic carbocycles. The minimum Gasteiger partial charge on any atom is -0.461 e. The van der Waals surface area contributed by atoms with Gasteiger partial charge in [0.2, 0.25) is 10.0 Å². The van der Waals surface area contributed by atoms with Crippen LogP contribution < -0.4 is 5.14 Å². The number of rotatable bonds is 6. The highest BCUT2D eigenvalue weighted by atomic mass is 79.9. The lowest BCUT2D eigenvalue weighted by molar-refractivity contribution is -0.142. The van der Waals surface area contributed by atoms with E-state index in [4.69, 9.17) is 9.88 Å². The number of primary sulfonamides is 1. The number of hydrogen-bond acceptors (Lipinski definition) is 5. The minimum atomic E-state index is -3.79. The second-order valence-electron chi connectivity index (χ2n) is 5.83. The van der Waals surface area contributed by atoms with E-state index in [1.54, 1.807) is 37.3 Å². The molecule has 0 fully saturated rings. The van der Waals surface area contributed by atoms with E-state index in [-0.39, 0.29) is 23.7 Å². The molecule has 8 heteroatoms. The van der Waals surface area contributed by atoms with E-state index in [0.29, 0.717) is 22.3 Å². The number of halogens is 1. The number of benzene rings is 2. The maximum absolute atomic E-state index is 12.5. The molecule has 0 bridgehead atoms. The van der Waals surface area contributed by atoms with Gasteiger partial charge >= 0.3 is 5.97 Å². The number of ketones is 1. The fourth-order valence-electron chi connectivity index (χ4n) is 2.47. The van der Waals surface area contributed by atoms with Crippen LogP contribution in [-0.4, -0.2) is 20.2 Å². The van der Waals surface area contributed by atoms with E-state index in [0.717, 1.165) is 4.47 Å². The molecule has 2 aromatic rings. The Balaban J connectivity index is 2.21. The van der Waals surface area contributed by atoms with Crippen molar-refractivity contribution >= 4 is 37.7 Å². The molecule has 26 heavy (non-hydrogen) atoms. The van der Waals surface area contributed by atoms with Crippen LogP contribution in [0.2, 0.25) is 0 Å². The van der Waals surface area contributed by atoms with Crippen LogP contribution in [0, 0.1) is 6.92 Å². The van der Waals surface area contributed by atoms with Crippen molar-refractivity contribution in [2.45, 2.75) is 31.8 Å². The Kier molecular flexibility index (Phi) is 6.33. The quantitative estimate of drug-likeness (QED) is 0.550. The summed E-state index contributed by atoms with van der Waals surface area (Å²) in [7, 11) is -3.79. The molecule has 0 radical (unpaired) electrons. The van der Waals surface area contributed by atoms with Crippen molar-refractivity contribution < 1.29 is 22.7 Å². The van der Waals surface area contributed by atoms with Gasteiger partial charge in [0.05, 0.1) is 4.90 Å². The van der Waals surface area contributed by atoms with Crippen LogP contribution in [0.15, 0.2) is 45.8 Å². The van der Waals surface area contributed by atoms with Crippen LogP contribution in [0.25, 0.3) is 0 Å². The molecule has 0 aliphatic rings. The standard InChI is InChI=1S/C18H18BrNO5S/c1-11-7-13(3-6-18(11)26(20,23)24)8-17(22)14-4-5-16(19)15(9-14)10-25-12(2)21/h3-7,9H,8,10H2,1-2H3,(H2,20,23,24). The first-order chi connectivity index (χ1) is 12.1. The van der Waals surface area contributed by atoms with Gasteiger partial charge in [0.25, 0.3) is 0 Å². The number of hydrogen-bond donors (Lipinski definition) is 1. The van der Waals surface area contributed by atoms with E-state index in [1.165, 1.54) is 13.0 Å². The van der Waals surface area contributed by atoms with Crippen molar-refractivity contribution in [1.29, 1.82) is 0 Å². The first-order valence-electron chi connectivity index (χ1n) is 7.65. The molecule has 0 spiro atoms. The van der Waals surface area contributed by atoms with Gasteiger partial charge in [0.15, 0.2) is 5.78 Å². The number of ether oxygens (including phenoxy) is 1. The van der Waals surface area contributed by atoms with Gasteiger partial charge in [-0.05, 0) is 36.2 Å². The van der Waals surface area contributed by atoms with Gasteiger partial charge in [-0.3, -0.25) is 9.59 Å². The second kappa shape index (κ2) is 8.11. The van der Waals surface area contributed by atoms with Crippen molar-refractivity contribution in [2.24, 2.45) is 5.14 Å². The van der Waals surface area contributed by atoms with Crippen molar-refractivity contribution in [3.05, 3.63) is 63.1 Å².